The number of benzene rings is 2. The molecule has 2 heterocycles. The number of hydrogen-bond acceptors (Lipinski definition) is 6. The third kappa shape index (κ3) is 4.83. The Balaban J connectivity index is 1.39. The van der Waals surface area contributed by atoms with Crippen LogP contribution < -0.4 is 14.2 Å². The summed E-state index contributed by atoms with van der Waals surface area (Å²) in [7, 11) is 0. The maximum atomic E-state index is 9.60. The monoisotopic (exact) mass is 398 g/mol. The van der Waals surface area contributed by atoms with Crippen molar-refractivity contribution < 1.29 is 19.3 Å². The lowest BCUT2D eigenvalue weighted by molar-refractivity contribution is 0.0495. The van der Waals surface area contributed by atoms with E-state index in [1.54, 1.807) is 0 Å². The van der Waals surface area contributed by atoms with Crippen molar-refractivity contribution in [2.75, 3.05) is 39.6 Å². The van der Waals surface area contributed by atoms with Crippen molar-refractivity contribution in [2.45, 2.75) is 32.5 Å². The minimum atomic E-state index is 0.204. The van der Waals surface area contributed by atoms with E-state index in [0.717, 1.165) is 56.4 Å². The van der Waals surface area contributed by atoms with E-state index in [1.165, 1.54) is 11.1 Å². The topological polar surface area (TPSA) is 54.4 Å². The lowest BCUT2D eigenvalue weighted by Crippen LogP contribution is -2.52. The van der Waals surface area contributed by atoms with Crippen molar-refractivity contribution in [3.05, 3.63) is 53.6 Å². The molecule has 0 unspecified atom stereocenters. The number of hydrogen-bond donors (Lipinski definition) is 1. The summed E-state index contributed by atoms with van der Waals surface area (Å²) in [6.07, 6.45) is 0.778. The molecule has 1 N–H and O–H groups in total. The highest BCUT2D eigenvalue weighted by molar-refractivity contribution is 5.48. The molecule has 156 valence electrons. The van der Waals surface area contributed by atoms with Crippen molar-refractivity contribution in [1.82, 2.24) is 9.80 Å². The SMILES string of the molecule is CCOc1ccc(CN2CCN(Cc3cccc4c3OCO4)C[C@H]2CCO)cc1. The molecule has 2 aromatic rings. The maximum absolute atomic E-state index is 9.60. The fraction of sp³-hybridized carbons (Fsp3) is 0.478. The molecular formula is C23H30N2O4. The van der Waals surface area contributed by atoms with Crippen LogP contribution in [0.25, 0.3) is 0 Å². The molecule has 0 amide bonds. The van der Waals surface area contributed by atoms with Crippen LogP contribution in [0.4, 0.5) is 0 Å². The van der Waals surface area contributed by atoms with Crippen LogP contribution in [-0.4, -0.2) is 60.6 Å². The van der Waals surface area contributed by atoms with Gasteiger partial charge in [-0.1, -0.05) is 24.3 Å². The van der Waals surface area contributed by atoms with E-state index in [0.29, 0.717) is 19.4 Å². The fourth-order valence-corrected chi connectivity index (χ4v) is 4.18. The maximum Gasteiger partial charge on any atom is 0.231 e. The van der Waals surface area contributed by atoms with Crippen molar-refractivity contribution >= 4 is 0 Å². The average Bonchev–Trinajstić information content (AvgIpc) is 3.22. The van der Waals surface area contributed by atoms with Crippen LogP contribution in [-0.2, 0) is 13.1 Å². The zero-order valence-electron chi connectivity index (χ0n) is 17.0. The van der Waals surface area contributed by atoms with Crippen molar-refractivity contribution in [3.8, 4) is 17.2 Å². The zero-order chi connectivity index (χ0) is 20.1. The number of aliphatic hydroxyl groups excluding tert-OH is 1. The Hall–Kier alpha value is -2.28. The normalized spacial score (nSPS) is 19.4. The van der Waals surface area contributed by atoms with Gasteiger partial charge in [0.25, 0.3) is 0 Å². The highest BCUT2D eigenvalue weighted by atomic mass is 16.7. The number of piperazine rings is 1. The van der Waals surface area contributed by atoms with E-state index in [2.05, 4.69) is 28.0 Å². The third-order valence-electron chi connectivity index (χ3n) is 5.64. The smallest absolute Gasteiger partial charge is 0.231 e. The minimum Gasteiger partial charge on any atom is -0.494 e. The van der Waals surface area contributed by atoms with Gasteiger partial charge in [0.15, 0.2) is 11.5 Å². The first-order valence-electron chi connectivity index (χ1n) is 10.4. The summed E-state index contributed by atoms with van der Waals surface area (Å²) >= 11 is 0. The van der Waals surface area contributed by atoms with Crippen LogP contribution in [0.3, 0.4) is 0 Å². The highest BCUT2D eigenvalue weighted by Gasteiger charge is 2.28. The Labute approximate surface area is 172 Å². The lowest BCUT2D eigenvalue weighted by Gasteiger charge is -2.41. The molecule has 1 atom stereocenters. The molecule has 4 rings (SSSR count). The molecule has 2 aromatic carbocycles. The Morgan fingerprint density at radius 1 is 1.07 bits per heavy atom. The van der Waals surface area contributed by atoms with Crippen molar-refractivity contribution in [2.24, 2.45) is 0 Å². The number of para-hydroxylation sites is 1. The molecular weight excluding hydrogens is 368 g/mol. The van der Waals surface area contributed by atoms with Crippen LogP contribution in [0, 0.1) is 0 Å². The second-order valence-corrected chi connectivity index (χ2v) is 7.60. The Bertz CT molecular complexity index is 796. The van der Waals surface area contributed by atoms with E-state index < -0.39 is 0 Å². The van der Waals surface area contributed by atoms with E-state index in [9.17, 15) is 5.11 Å². The van der Waals surface area contributed by atoms with Gasteiger partial charge < -0.3 is 19.3 Å². The molecule has 0 radical (unpaired) electrons. The van der Waals surface area contributed by atoms with Gasteiger partial charge in [0, 0.05) is 50.9 Å². The van der Waals surface area contributed by atoms with Crippen LogP contribution in [0.5, 0.6) is 17.2 Å². The molecule has 1 fully saturated rings. The quantitative estimate of drug-likeness (QED) is 0.738. The molecule has 6 nitrogen and oxygen atoms in total. The third-order valence-corrected chi connectivity index (χ3v) is 5.64. The summed E-state index contributed by atoms with van der Waals surface area (Å²) in [4.78, 5) is 4.93. The molecule has 0 bridgehead atoms. The average molecular weight is 399 g/mol. The molecule has 29 heavy (non-hydrogen) atoms. The largest absolute Gasteiger partial charge is 0.494 e. The van der Waals surface area contributed by atoms with Gasteiger partial charge in [0.2, 0.25) is 6.79 Å². The molecule has 0 aromatic heterocycles. The fourth-order valence-electron chi connectivity index (χ4n) is 4.18. The van der Waals surface area contributed by atoms with E-state index in [1.807, 2.05) is 31.2 Å². The molecule has 0 saturated carbocycles. The predicted molar refractivity (Wildman–Crippen MR) is 111 cm³/mol. The molecule has 6 heteroatoms. The van der Waals surface area contributed by atoms with Gasteiger partial charge in [-0.25, -0.2) is 0 Å². The van der Waals surface area contributed by atoms with E-state index in [-0.39, 0.29) is 6.61 Å². The molecule has 2 aliphatic heterocycles. The molecule has 1 saturated heterocycles. The molecule has 0 aliphatic carbocycles. The summed E-state index contributed by atoms with van der Waals surface area (Å²) in [6.45, 7) is 7.81. The Morgan fingerprint density at radius 2 is 1.93 bits per heavy atom. The number of rotatable bonds is 8. The zero-order valence-corrected chi connectivity index (χ0v) is 17.0. The number of nitrogens with zero attached hydrogens (tertiary/aromatic N) is 2. The van der Waals surface area contributed by atoms with Crippen LogP contribution in [0.15, 0.2) is 42.5 Å². The molecule has 0 spiro atoms. The predicted octanol–water partition coefficient (Wildman–Crippen LogP) is 2.88. The first-order chi connectivity index (χ1) is 14.3. The van der Waals surface area contributed by atoms with Crippen LogP contribution in [0.1, 0.15) is 24.5 Å². The van der Waals surface area contributed by atoms with Gasteiger partial charge in [-0.05, 0) is 37.1 Å². The van der Waals surface area contributed by atoms with Crippen LogP contribution >= 0.6 is 0 Å². The first kappa shape index (κ1) is 20.0. The standard InChI is InChI=1S/C23H30N2O4/c1-2-27-21-8-6-18(7-9-21)14-25-12-11-24(16-20(25)10-13-26)15-19-4-3-5-22-23(19)29-17-28-22/h3-9,20,26H,2,10-17H2,1H3/t20-/m1/s1. The van der Waals surface area contributed by atoms with Gasteiger partial charge in [0.05, 0.1) is 6.61 Å². The van der Waals surface area contributed by atoms with Gasteiger partial charge in [0.1, 0.15) is 5.75 Å². The van der Waals surface area contributed by atoms with E-state index in [4.69, 9.17) is 14.2 Å². The van der Waals surface area contributed by atoms with Gasteiger partial charge in [-0.2, -0.15) is 0 Å². The second kappa shape index (κ2) is 9.48. The van der Waals surface area contributed by atoms with Gasteiger partial charge >= 0.3 is 0 Å². The summed E-state index contributed by atoms with van der Waals surface area (Å²) < 4.78 is 16.7. The van der Waals surface area contributed by atoms with Gasteiger partial charge in [-0.15, -0.1) is 0 Å². The Kier molecular flexibility index (Phi) is 6.54. The highest BCUT2D eigenvalue weighted by Crippen LogP contribution is 2.36. The van der Waals surface area contributed by atoms with Crippen LogP contribution in [0.2, 0.25) is 0 Å². The van der Waals surface area contributed by atoms with Gasteiger partial charge in [-0.3, -0.25) is 9.80 Å². The lowest BCUT2D eigenvalue weighted by atomic mass is 10.1. The van der Waals surface area contributed by atoms with Crippen molar-refractivity contribution in [3.63, 3.8) is 0 Å². The summed E-state index contributed by atoms with van der Waals surface area (Å²) in [5.41, 5.74) is 2.44. The summed E-state index contributed by atoms with van der Waals surface area (Å²) in [5, 5.41) is 9.60. The summed E-state index contributed by atoms with van der Waals surface area (Å²) in [5.74, 6) is 2.63. The van der Waals surface area contributed by atoms with E-state index >= 15 is 0 Å². The second-order valence-electron chi connectivity index (χ2n) is 7.60. The minimum absolute atomic E-state index is 0.204. The number of ether oxygens (including phenoxy) is 3. The number of fused-ring (bicyclic) bond motifs is 1. The first-order valence-corrected chi connectivity index (χ1v) is 10.4. The number of aliphatic hydroxyl groups is 1. The Morgan fingerprint density at radius 3 is 2.72 bits per heavy atom. The molecule has 2 aliphatic rings. The summed E-state index contributed by atoms with van der Waals surface area (Å²) in [6, 6.07) is 14.8. The van der Waals surface area contributed by atoms with Crippen molar-refractivity contribution in [1.29, 1.82) is 0 Å².